The van der Waals surface area contributed by atoms with E-state index in [1.165, 1.54) is 0 Å². The van der Waals surface area contributed by atoms with E-state index in [2.05, 4.69) is 24.3 Å². The molecular formula is C16H18O2. The molecule has 0 aliphatic carbocycles. The van der Waals surface area contributed by atoms with E-state index in [1.54, 1.807) is 0 Å². The maximum absolute atomic E-state index is 11.0. The van der Waals surface area contributed by atoms with Crippen molar-refractivity contribution >= 4 is 16.7 Å². The maximum Gasteiger partial charge on any atom is 0.304 e. The minimum atomic E-state index is -0.757. The lowest BCUT2D eigenvalue weighted by Crippen LogP contribution is -2.23. The summed E-state index contributed by atoms with van der Waals surface area (Å²) in [5.74, 6) is -0.757. The molecule has 0 radical (unpaired) electrons. The van der Waals surface area contributed by atoms with Crippen LogP contribution in [-0.4, -0.2) is 11.1 Å². The van der Waals surface area contributed by atoms with Crippen LogP contribution >= 0.6 is 0 Å². The van der Waals surface area contributed by atoms with Crippen molar-refractivity contribution < 1.29 is 9.90 Å². The summed E-state index contributed by atoms with van der Waals surface area (Å²) in [5.41, 5.74) is 1.93. The van der Waals surface area contributed by atoms with Crippen LogP contribution in [0, 0.1) is 6.92 Å². The van der Waals surface area contributed by atoms with Gasteiger partial charge >= 0.3 is 5.97 Å². The monoisotopic (exact) mass is 242 g/mol. The van der Waals surface area contributed by atoms with E-state index in [0.29, 0.717) is 0 Å². The van der Waals surface area contributed by atoms with Gasteiger partial charge in [0.2, 0.25) is 0 Å². The molecule has 0 bridgehead atoms. The number of rotatable bonds is 3. The Kier molecular flexibility index (Phi) is 3.12. The molecule has 2 aromatic rings. The number of carboxylic acid groups (broad SMARTS) is 1. The smallest absolute Gasteiger partial charge is 0.304 e. The van der Waals surface area contributed by atoms with Crippen LogP contribution in [0.15, 0.2) is 36.4 Å². The Balaban J connectivity index is 2.69. The number of benzene rings is 2. The number of hydrogen-bond acceptors (Lipinski definition) is 1. The standard InChI is InChI=1S/C16H18O2/c1-11-8-9-12-6-4-5-7-13(12)15(11)16(2,3)10-14(17)18/h4-9H,10H2,1-3H3,(H,17,18). The lowest BCUT2D eigenvalue weighted by Gasteiger charge is -2.27. The number of aryl methyl sites for hydroxylation is 1. The normalized spacial score (nSPS) is 11.7. The Hall–Kier alpha value is -1.83. The number of fused-ring (bicyclic) bond motifs is 1. The van der Waals surface area contributed by atoms with E-state index in [4.69, 9.17) is 5.11 Å². The number of carbonyl (C=O) groups is 1. The van der Waals surface area contributed by atoms with Gasteiger partial charge in [-0.05, 0) is 28.8 Å². The molecule has 0 aromatic heterocycles. The molecule has 0 fully saturated rings. The van der Waals surface area contributed by atoms with Crippen LogP contribution in [0.4, 0.5) is 0 Å². The summed E-state index contributed by atoms with van der Waals surface area (Å²) in [6.45, 7) is 6.04. The summed E-state index contributed by atoms with van der Waals surface area (Å²) in [6.07, 6.45) is 0.141. The number of carboxylic acids is 1. The summed E-state index contributed by atoms with van der Waals surface area (Å²) in [5, 5.41) is 11.4. The third kappa shape index (κ3) is 2.23. The van der Waals surface area contributed by atoms with Gasteiger partial charge in [0.1, 0.15) is 0 Å². The molecule has 94 valence electrons. The van der Waals surface area contributed by atoms with E-state index in [-0.39, 0.29) is 11.8 Å². The fraction of sp³-hybridized carbons (Fsp3) is 0.312. The summed E-state index contributed by atoms with van der Waals surface area (Å²) < 4.78 is 0. The first-order valence-corrected chi connectivity index (χ1v) is 6.12. The van der Waals surface area contributed by atoms with E-state index in [9.17, 15) is 4.79 Å². The molecule has 0 saturated carbocycles. The summed E-state index contributed by atoms with van der Waals surface area (Å²) in [4.78, 5) is 11.0. The van der Waals surface area contributed by atoms with Crippen LogP contribution < -0.4 is 0 Å². The van der Waals surface area contributed by atoms with Gasteiger partial charge in [-0.3, -0.25) is 4.79 Å². The largest absolute Gasteiger partial charge is 0.481 e. The third-order valence-corrected chi connectivity index (χ3v) is 3.41. The fourth-order valence-corrected chi connectivity index (χ4v) is 2.75. The highest BCUT2D eigenvalue weighted by Crippen LogP contribution is 2.35. The third-order valence-electron chi connectivity index (χ3n) is 3.41. The number of hydrogen-bond donors (Lipinski definition) is 1. The van der Waals surface area contributed by atoms with Gasteiger partial charge in [-0.1, -0.05) is 50.2 Å². The molecule has 0 amide bonds. The van der Waals surface area contributed by atoms with Crippen molar-refractivity contribution in [1.29, 1.82) is 0 Å². The Morgan fingerprint density at radius 1 is 1.17 bits per heavy atom. The zero-order chi connectivity index (χ0) is 13.3. The molecular weight excluding hydrogens is 224 g/mol. The highest BCUT2D eigenvalue weighted by molar-refractivity contribution is 5.88. The van der Waals surface area contributed by atoms with E-state index >= 15 is 0 Å². The molecule has 0 spiro atoms. The molecule has 0 atom stereocenters. The summed E-state index contributed by atoms with van der Waals surface area (Å²) in [6, 6.07) is 12.3. The van der Waals surface area contributed by atoms with Crippen LogP contribution in [0.5, 0.6) is 0 Å². The highest BCUT2D eigenvalue weighted by Gasteiger charge is 2.27. The number of aliphatic carboxylic acids is 1. The predicted octanol–water partition coefficient (Wildman–Crippen LogP) is 3.90. The predicted molar refractivity (Wildman–Crippen MR) is 74.0 cm³/mol. The molecule has 0 saturated heterocycles. The first-order valence-electron chi connectivity index (χ1n) is 6.12. The molecule has 0 aliphatic rings. The van der Waals surface area contributed by atoms with Crippen molar-refractivity contribution in [2.75, 3.05) is 0 Å². The average molecular weight is 242 g/mol. The molecule has 2 rings (SSSR count). The minimum Gasteiger partial charge on any atom is -0.481 e. The summed E-state index contributed by atoms with van der Waals surface area (Å²) >= 11 is 0. The fourth-order valence-electron chi connectivity index (χ4n) is 2.75. The van der Waals surface area contributed by atoms with Crippen molar-refractivity contribution in [1.82, 2.24) is 0 Å². The minimum absolute atomic E-state index is 0.141. The second-order valence-electron chi connectivity index (χ2n) is 5.43. The molecule has 0 heterocycles. The van der Waals surface area contributed by atoms with Crippen LogP contribution in [-0.2, 0) is 10.2 Å². The molecule has 2 nitrogen and oxygen atoms in total. The molecule has 0 unspecified atom stereocenters. The van der Waals surface area contributed by atoms with Crippen molar-refractivity contribution in [3.63, 3.8) is 0 Å². The van der Waals surface area contributed by atoms with Crippen molar-refractivity contribution in [2.24, 2.45) is 0 Å². The van der Waals surface area contributed by atoms with Crippen LogP contribution in [0.25, 0.3) is 10.8 Å². The van der Waals surface area contributed by atoms with E-state index in [1.807, 2.05) is 32.9 Å². The molecule has 2 aromatic carbocycles. The lowest BCUT2D eigenvalue weighted by atomic mass is 9.77. The van der Waals surface area contributed by atoms with E-state index in [0.717, 1.165) is 21.9 Å². The SMILES string of the molecule is Cc1ccc2ccccc2c1C(C)(C)CC(=O)O. The van der Waals surface area contributed by atoms with Crippen molar-refractivity contribution in [3.05, 3.63) is 47.5 Å². The maximum atomic E-state index is 11.0. The highest BCUT2D eigenvalue weighted by atomic mass is 16.4. The van der Waals surface area contributed by atoms with Crippen molar-refractivity contribution in [2.45, 2.75) is 32.6 Å². The Morgan fingerprint density at radius 3 is 2.50 bits per heavy atom. The second kappa shape index (κ2) is 4.45. The quantitative estimate of drug-likeness (QED) is 0.886. The molecule has 2 heteroatoms. The Bertz CT molecular complexity index is 597. The van der Waals surface area contributed by atoms with E-state index < -0.39 is 5.97 Å². The zero-order valence-corrected chi connectivity index (χ0v) is 11.0. The zero-order valence-electron chi connectivity index (χ0n) is 11.0. The Labute approximate surface area is 107 Å². The second-order valence-corrected chi connectivity index (χ2v) is 5.43. The van der Waals surface area contributed by atoms with Gasteiger partial charge in [0.15, 0.2) is 0 Å². The van der Waals surface area contributed by atoms with Gasteiger partial charge < -0.3 is 5.11 Å². The average Bonchev–Trinajstić information content (AvgIpc) is 2.26. The van der Waals surface area contributed by atoms with Gasteiger partial charge in [-0.2, -0.15) is 0 Å². The van der Waals surface area contributed by atoms with Crippen LogP contribution in [0.1, 0.15) is 31.4 Å². The van der Waals surface area contributed by atoms with Gasteiger partial charge in [-0.25, -0.2) is 0 Å². The van der Waals surface area contributed by atoms with Gasteiger partial charge in [0.25, 0.3) is 0 Å². The van der Waals surface area contributed by atoms with Crippen LogP contribution in [0.3, 0.4) is 0 Å². The van der Waals surface area contributed by atoms with Crippen LogP contribution in [0.2, 0.25) is 0 Å². The summed E-state index contributed by atoms with van der Waals surface area (Å²) in [7, 11) is 0. The Morgan fingerprint density at radius 2 is 1.83 bits per heavy atom. The first kappa shape index (κ1) is 12.6. The molecule has 18 heavy (non-hydrogen) atoms. The van der Waals surface area contributed by atoms with Gasteiger partial charge in [0, 0.05) is 5.41 Å². The molecule has 0 aliphatic heterocycles. The lowest BCUT2D eigenvalue weighted by molar-refractivity contribution is -0.138. The topological polar surface area (TPSA) is 37.3 Å². The first-order chi connectivity index (χ1) is 8.42. The van der Waals surface area contributed by atoms with Gasteiger partial charge in [0.05, 0.1) is 6.42 Å². The van der Waals surface area contributed by atoms with Gasteiger partial charge in [-0.15, -0.1) is 0 Å². The van der Waals surface area contributed by atoms with Crippen molar-refractivity contribution in [3.8, 4) is 0 Å². The molecule has 1 N–H and O–H groups in total.